The highest BCUT2D eigenvalue weighted by Crippen LogP contribution is 2.16. The third-order valence-electron chi connectivity index (χ3n) is 1.79. The van der Waals surface area contributed by atoms with Gasteiger partial charge in [0.25, 0.3) is 0 Å². The van der Waals surface area contributed by atoms with E-state index in [9.17, 15) is 4.79 Å². The van der Waals surface area contributed by atoms with Crippen LogP contribution in [0, 0.1) is 0 Å². The van der Waals surface area contributed by atoms with Gasteiger partial charge in [-0.15, -0.1) is 0 Å². The number of benzene rings is 1. The van der Waals surface area contributed by atoms with Gasteiger partial charge in [-0.05, 0) is 26.0 Å². The number of hydrogen-bond acceptors (Lipinski definition) is 3. The predicted octanol–water partition coefficient (Wildman–Crippen LogP) is 1.19. The molecule has 3 heteroatoms. The molecule has 0 aliphatic rings. The molecule has 1 rings (SSSR count). The molecule has 0 bridgehead atoms. The van der Waals surface area contributed by atoms with Gasteiger partial charge in [0.1, 0.15) is 0 Å². The highest BCUT2D eigenvalue weighted by Gasteiger charge is 2.24. The standard InChI is InChI=1S/C10H14N2O/c1-10(2,12)9(13)7-5-3-4-6-8(7)11/h3-6H,11-12H2,1-2H3. The van der Waals surface area contributed by atoms with E-state index in [0.717, 1.165) is 0 Å². The normalized spacial score (nSPS) is 11.3. The molecule has 1 aromatic carbocycles. The highest BCUT2D eigenvalue weighted by molar-refractivity contribution is 6.06. The van der Waals surface area contributed by atoms with Gasteiger partial charge >= 0.3 is 0 Å². The van der Waals surface area contributed by atoms with E-state index in [4.69, 9.17) is 11.5 Å². The average molecular weight is 178 g/mol. The van der Waals surface area contributed by atoms with Crippen molar-refractivity contribution in [3.05, 3.63) is 29.8 Å². The van der Waals surface area contributed by atoms with Gasteiger partial charge in [0.05, 0.1) is 5.54 Å². The zero-order valence-corrected chi connectivity index (χ0v) is 7.87. The van der Waals surface area contributed by atoms with Gasteiger partial charge in [-0.2, -0.15) is 0 Å². The number of nitrogens with two attached hydrogens (primary N) is 2. The fraction of sp³-hybridized carbons (Fsp3) is 0.300. The molecule has 0 fully saturated rings. The Labute approximate surface area is 77.7 Å². The smallest absolute Gasteiger partial charge is 0.184 e. The van der Waals surface area contributed by atoms with Crippen LogP contribution in [0.2, 0.25) is 0 Å². The number of nitrogen functional groups attached to an aromatic ring is 1. The number of ketones is 1. The predicted molar refractivity (Wildman–Crippen MR) is 53.5 cm³/mol. The molecule has 0 aromatic heterocycles. The first-order valence-corrected chi connectivity index (χ1v) is 4.11. The second-order valence-corrected chi connectivity index (χ2v) is 3.64. The molecule has 13 heavy (non-hydrogen) atoms. The summed E-state index contributed by atoms with van der Waals surface area (Å²) < 4.78 is 0. The maximum absolute atomic E-state index is 11.7. The van der Waals surface area contributed by atoms with E-state index >= 15 is 0 Å². The van der Waals surface area contributed by atoms with Crippen LogP contribution in [0.3, 0.4) is 0 Å². The Morgan fingerprint density at radius 1 is 1.31 bits per heavy atom. The van der Waals surface area contributed by atoms with Crippen LogP contribution in [0.15, 0.2) is 24.3 Å². The number of anilines is 1. The summed E-state index contributed by atoms with van der Waals surface area (Å²) in [4.78, 5) is 11.7. The lowest BCUT2D eigenvalue weighted by Crippen LogP contribution is -2.41. The Kier molecular flexibility index (Phi) is 2.38. The Morgan fingerprint density at radius 3 is 2.31 bits per heavy atom. The monoisotopic (exact) mass is 178 g/mol. The van der Waals surface area contributed by atoms with Gasteiger partial charge in [-0.3, -0.25) is 4.79 Å². The number of carbonyl (C=O) groups is 1. The topological polar surface area (TPSA) is 69.1 Å². The first-order chi connectivity index (χ1) is 5.93. The maximum Gasteiger partial charge on any atom is 0.184 e. The van der Waals surface area contributed by atoms with Crippen LogP contribution in [-0.2, 0) is 0 Å². The summed E-state index contributed by atoms with van der Waals surface area (Å²) in [5.41, 5.74) is 11.4. The SMILES string of the molecule is CC(C)(N)C(=O)c1ccccc1N. The Hall–Kier alpha value is -1.35. The third kappa shape index (κ3) is 2.06. The molecule has 0 heterocycles. The molecular formula is C10H14N2O. The molecule has 1 aromatic rings. The summed E-state index contributed by atoms with van der Waals surface area (Å²) in [6.45, 7) is 3.34. The number of rotatable bonds is 2. The maximum atomic E-state index is 11.7. The van der Waals surface area contributed by atoms with Crippen molar-refractivity contribution in [2.24, 2.45) is 5.73 Å². The van der Waals surface area contributed by atoms with E-state index in [1.54, 1.807) is 38.1 Å². The fourth-order valence-corrected chi connectivity index (χ4v) is 1.05. The zero-order chi connectivity index (χ0) is 10.1. The van der Waals surface area contributed by atoms with Gasteiger partial charge in [0, 0.05) is 11.3 Å². The van der Waals surface area contributed by atoms with Crippen LogP contribution in [0.1, 0.15) is 24.2 Å². The Balaban J connectivity index is 3.10. The van der Waals surface area contributed by atoms with E-state index in [1.807, 2.05) is 0 Å². The Bertz CT molecular complexity index is 326. The lowest BCUT2D eigenvalue weighted by atomic mass is 9.93. The lowest BCUT2D eigenvalue weighted by molar-refractivity contribution is 0.0914. The second kappa shape index (κ2) is 3.18. The Morgan fingerprint density at radius 2 is 1.85 bits per heavy atom. The minimum Gasteiger partial charge on any atom is -0.398 e. The molecule has 0 aliphatic heterocycles. The largest absolute Gasteiger partial charge is 0.398 e. The minimum atomic E-state index is -0.866. The number of hydrogen-bond donors (Lipinski definition) is 2. The molecule has 0 radical (unpaired) electrons. The van der Waals surface area contributed by atoms with Crippen molar-refractivity contribution in [2.45, 2.75) is 19.4 Å². The van der Waals surface area contributed by atoms with Crippen LogP contribution in [0.4, 0.5) is 5.69 Å². The number of Topliss-reactive ketones (excluding diaryl/α,β-unsaturated/α-hetero) is 1. The fourth-order valence-electron chi connectivity index (χ4n) is 1.05. The second-order valence-electron chi connectivity index (χ2n) is 3.64. The summed E-state index contributed by atoms with van der Waals surface area (Å²) >= 11 is 0. The van der Waals surface area contributed by atoms with Crippen LogP contribution in [0.25, 0.3) is 0 Å². The average Bonchev–Trinajstić information content (AvgIpc) is 2.02. The molecule has 4 N–H and O–H groups in total. The molecule has 3 nitrogen and oxygen atoms in total. The molecule has 0 spiro atoms. The quantitative estimate of drug-likeness (QED) is 0.528. The molecule has 0 saturated heterocycles. The summed E-state index contributed by atoms with van der Waals surface area (Å²) in [5, 5.41) is 0. The molecule has 0 amide bonds. The molecule has 0 atom stereocenters. The summed E-state index contributed by atoms with van der Waals surface area (Å²) in [6, 6.07) is 6.94. The molecule has 0 unspecified atom stereocenters. The van der Waals surface area contributed by atoms with Gasteiger partial charge < -0.3 is 11.5 Å². The highest BCUT2D eigenvalue weighted by atomic mass is 16.1. The van der Waals surface area contributed by atoms with Crippen molar-refractivity contribution in [3.8, 4) is 0 Å². The van der Waals surface area contributed by atoms with Gasteiger partial charge in [-0.25, -0.2) is 0 Å². The van der Waals surface area contributed by atoms with Gasteiger partial charge in [0.2, 0.25) is 0 Å². The van der Waals surface area contributed by atoms with Gasteiger partial charge in [0.15, 0.2) is 5.78 Å². The van der Waals surface area contributed by atoms with Crippen molar-refractivity contribution < 1.29 is 4.79 Å². The van der Waals surface area contributed by atoms with E-state index in [2.05, 4.69) is 0 Å². The lowest BCUT2D eigenvalue weighted by Gasteiger charge is -2.17. The number of carbonyl (C=O) groups excluding carboxylic acids is 1. The van der Waals surface area contributed by atoms with Crippen LogP contribution in [-0.4, -0.2) is 11.3 Å². The van der Waals surface area contributed by atoms with Crippen LogP contribution < -0.4 is 11.5 Å². The van der Waals surface area contributed by atoms with E-state index in [1.165, 1.54) is 0 Å². The zero-order valence-electron chi connectivity index (χ0n) is 7.87. The van der Waals surface area contributed by atoms with E-state index < -0.39 is 5.54 Å². The van der Waals surface area contributed by atoms with Crippen LogP contribution >= 0.6 is 0 Å². The first kappa shape index (κ1) is 9.74. The van der Waals surface area contributed by atoms with Crippen molar-refractivity contribution in [3.63, 3.8) is 0 Å². The molecule has 0 aliphatic carbocycles. The molecular weight excluding hydrogens is 164 g/mol. The summed E-state index contributed by atoms with van der Waals surface area (Å²) in [7, 11) is 0. The van der Waals surface area contributed by atoms with Crippen LogP contribution in [0.5, 0.6) is 0 Å². The van der Waals surface area contributed by atoms with E-state index in [-0.39, 0.29) is 5.78 Å². The summed E-state index contributed by atoms with van der Waals surface area (Å²) in [6.07, 6.45) is 0. The molecule has 0 saturated carbocycles. The van der Waals surface area contributed by atoms with Crippen molar-refractivity contribution in [2.75, 3.05) is 5.73 Å². The van der Waals surface area contributed by atoms with Crippen molar-refractivity contribution in [1.82, 2.24) is 0 Å². The minimum absolute atomic E-state index is 0.134. The third-order valence-corrected chi connectivity index (χ3v) is 1.79. The van der Waals surface area contributed by atoms with Gasteiger partial charge in [-0.1, -0.05) is 12.1 Å². The van der Waals surface area contributed by atoms with E-state index in [0.29, 0.717) is 11.3 Å². The van der Waals surface area contributed by atoms with Crippen molar-refractivity contribution in [1.29, 1.82) is 0 Å². The molecule has 70 valence electrons. The summed E-state index contributed by atoms with van der Waals surface area (Å²) in [5.74, 6) is -0.134. The number of para-hydroxylation sites is 1. The van der Waals surface area contributed by atoms with Crippen molar-refractivity contribution >= 4 is 11.5 Å². The first-order valence-electron chi connectivity index (χ1n) is 4.11.